The zero-order valence-corrected chi connectivity index (χ0v) is 11.5. The van der Waals surface area contributed by atoms with Gasteiger partial charge in [0.2, 0.25) is 0 Å². The molecule has 0 saturated heterocycles. The lowest BCUT2D eigenvalue weighted by atomic mass is 9.91. The van der Waals surface area contributed by atoms with Gasteiger partial charge in [0, 0.05) is 6.04 Å². The smallest absolute Gasteiger partial charge is 0.142 e. The fourth-order valence-corrected chi connectivity index (χ4v) is 2.31. The van der Waals surface area contributed by atoms with Crippen LogP contribution >= 0.6 is 11.6 Å². The molecule has 0 aromatic heterocycles. The van der Waals surface area contributed by atoms with Crippen LogP contribution < -0.4 is 5.32 Å². The van der Waals surface area contributed by atoms with Gasteiger partial charge in [-0.3, -0.25) is 0 Å². The van der Waals surface area contributed by atoms with Crippen LogP contribution in [-0.2, 0) is 0 Å². The highest BCUT2D eigenvalue weighted by atomic mass is 35.5. The zero-order chi connectivity index (χ0) is 12.8. The quantitative estimate of drug-likeness (QED) is 0.787. The molecule has 0 radical (unpaired) electrons. The Morgan fingerprint density at radius 1 is 1.35 bits per heavy atom. The summed E-state index contributed by atoms with van der Waals surface area (Å²) in [6.07, 6.45) is 2.26. The van der Waals surface area contributed by atoms with E-state index in [9.17, 15) is 4.39 Å². The maximum absolute atomic E-state index is 13.5. The summed E-state index contributed by atoms with van der Waals surface area (Å²) in [5.41, 5.74) is 0.981. The van der Waals surface area contributed by atoms with Crippen LogP contribution in [0.25, 0.3) is 0 Å². The lowest BCUT2D eigenvalue weighted by Gasteiger charge is -2.25. The summed E-state index contributed by atoms with van der Waals surface area (Å²) in [6, 6.07) is 5.29. The summed E-state index contributed by atoms with van der Waals surface area (Å²) >= 11 is 5.71. The van der Waals surface area contributed by atoms with Crippen molar-refractivity contribution in [2.45, 2.75) is 39.7 Å². The van der Waals surface area contributed by atoms with E-state index >= 15 is 0 Å². The summed E-state index contributed by atoms with van der Waals surface area (Å²) in [6.45, 7) is 7.31. The van der Waals surface area contributed by atoms with Gasteiger partial charge in [-0.25, -0.2) is 4.39 Å². The molecule has 0 aliphatic heterocycles. The molecule has 0 bridgehead atoms. The molecule has 0 amide bonds. The van der Waals surface area contributed by atoms with Crippen LogP contribution in [-0.4, -0.2) is 6.54 Å². The standard InChI is InChI=1S/C14H21ClFN/c1-4-6-10(3)14(17-5-2)11-7-8-12(15)13(16)9-11/h7-10,14,17H,4-6H2,1-3H3. The second-order valence-corrected chi connectivity index (χ2v) is 4.88. The van der Waals surface area contributed by atoms with E-state index in [-0.39, 0.29) is 16.9 Å². The molecule has 1 aromatic rings. The van der Waals surface area contributed by atoms with Crippen molar-refractivity contribution in [3.8, 4) is 0 Å². The number of benzene rings is 1. The highest BCUT2D eigenvalue weighted by Gasteiger charge is 2.18. The van der Waals surface area contributed by atoms with Gasteiger partial charge >= 0.3 is 0 Å². The van der Waals surface area contributed by atoms with E-state index in [1.807, 2.05) is 6.07 Å². The number of nitrogens with one attached hydrogen (secondary N) is 1. The van der Waals surface area contributed by atoms with E-state index in [1.165, 1.54) is 0 Å². The fraction of sp³-hybridized carbons (Fsp3) is 0.571. The van der Waals surface area contributed by atoms with Crippen LogP contribution in [0.15, 0.2) is 18.2 Å². The molecule has 0 heterocycles. The monoisotopic (exact) mass is 257 g/mol. The van der Waals surface area contributed by atoms with Crippen LogP contribution in [0.1, 0.15) is 45.2 Å². The van der Waals surface area contributed by atoms with Crippen LogP contribution in [0.4, 0.5) is 4.39 Å². The van der Waals surface area contributed by atoms with E-state index < -0.39 is 0 Å². The molecule has 2 unspecified atom stereocenters. The average molecular weight is 258 g/mol. The molecule has 0 fully saturated rings. The maximum Gasteiger partial charge on any atom is 0.142 e. The summed E-state index contributed by atoms with van der Waals surface area (Å²) in [4.78, 5) is 0. The Labute approximate surface area is 108 Å². The number of halogens is 2. The van der Waals surface area contributed by atoms with Crippen molar-refractivity contribution < 1.29 is 4.39 Å². The zero-order valence-electron chi connectivity index (χ0n) is 10.8. The van der Waals surface area contributed by atoms with Gasteiger partial charge in [-0.15, -0.1) is 0 Å². The molecule has 1 aromatic carbocycles. The van der Waals surface area contributed by atoms with Crippen LogP contribution in [0, 0.1) is 11.7 Å². The molecule has 3 heteroatoms. The normalized spacial score (nSPS) is 14.6. The minimum Gasteiger partial charge on any atom is -0.310 e. The van der Waals surface area contributed by atoms with Crippen LogP contribution in [0.3, 0.4) is 0 Å². The predicted octanol–water partition coefficient (Wildman–Crippen LogP) is 4.57. The first-order valence-corrected chi connectivity index (χ1v) is 6.66. The van der Waals surface area contributed by atoms with Gasteiger partial charge in [0.05, 0.1) is 5.02 Å². The molecule has 17 heavy (non-hydrogen) atoms. The first kappa shape index (κ1) is 14.5. The molecule has 0 aliphatic carbocycles. The Hall–Kier alpha value is -0.600. The minimum atomic E-state index is -0.337. The van der Waals surface area contributed by atoms with Gasteiger partial charge < -0.3 is 5.32 Å². The summed E-state index contributed by atoms with van der Waals surface area (Å²) in [5, 5.41) is 3.61. The number of hydrogen-bond donors (Lipinski definition) is 1. The van der Waals surface area contributed by atoms with E-state index in [2.05, 4.69) is 26.1 Å². The predicted molar refractivity (Wildman–Crippen MR) is 71.9 cm³/mol. The van der Waals surface area contributed by atoms with Crippen molar-refractivity contribution >= 4 is 11.6 Å². The highest BCUT2D eigenvalue weighted by molar-refractivity contribution is 6.30. The van der Waals surface area contributed by atoms with Gasteiger partial charge in [-0.05, 0) is 36.6 Å². The Kier molecular flexibility index (Phi) is 5.93. The molecule has 1 rings (SSSR count). The highest BCUT2D eigenvalue weighted by Crippen LogP contribution is 2.27. The summed E-state index contributed by atoms with van der Waals surface area (Å²) in [7, 11) is 0. The van der Waals surface area contributed by atoms with Gasteiger partial charge in [0.25, 0.3) is 0 Å². The second-order valence-electron chi connectivity index (χ2n) is 4.47. The number of hydrogen-bond acceptors (Lipinski definition) is 1. The maximum atomic E-state index is 13.5. The number of rotatable bonds is 6. The van der Waals surface area contributed by atoms with Gasteiger partial charge in [-0.2, -0.15) is 0 Å². The van der Waals surface area contributed by atoms with Crippen molar-refractivity contribution in [2.75, 3.05) is 6.54 Å². The Balaban J connectivity index is 2.92. The first-order valence-electron chi connectivity index (χ1n) is 6.28. The second kappa shape index (κ2) is 6.97. The van der Waals surface area contributed by atoms with Crippen molar-refractivity contribution in [1.82, 2.24) is 5.32 Å². The molecule has 1 N–H and O–H groups in total. The molecule has 2 atom stereocenters. The molecule has 0 spiro atoms. The van der Waals surface area contributed by atoms with E-state index in [0.29, 0.717) is 5.92 Å². The van der Waals surface area contributed by atoms with Gasteiger partial charge in [0.15, 0.2) is 0 Å². The van der Waals surface area contributed by atoms with E-state index in [4.69, 9.17) is 11.6 Å². The Morgan fingerprint density at radius 2 is 2.06 bits per heavy atom. The first-order chi connectivity index (χ1) is 8.10. The SMILES string of the molecule is CCCC(C)C(NCC)c1ccc(Cl)c(F)c1. The fourth-order valence-electron chi connectivity index (χ4n) is 2.20. The summed E-state index contributed by atoms with van der Waals surface area (Å²) in [5.74, 6) is 0.149. The van der Waals surface area contributed by atoms with E-state index in [1.54, 1.807) is 12.1 Å². The largest absolute Gasteiger partial charge is 0.310 e. The average Bonchev–Trinajstić information content (AvgIpc) is 2.30. The van der Waals surface area contributed by atoms with Crippen LogP contribution in [0.5, 0.6) is 0 Å². The van der Waals surface area contributed by atoms with Crippen molar-refractivity contribution in [2.24, 2.45) is 5.92 Å². The Bertz CT molecular complexity index is 354. The third kappa shape index (κ3) is 3.97. The lowest BCUT2D eigenvalue weighted by Crippen LogP contribution is -2.26. The third-order valence-electron chi connectivity index (χ3n) is 3.04. The summed E-state index contributed by atoms with van der Waals surface area (Å²) < 4.78 is 13.5. The molecular formula is C14H21ClFN. The molecule has 0 aliphatic rings. The van der Waals surface area contributed by atoms with Gasteiger partial charge in [-0.1, -0.05) is 44.9 Å². The lowest BCUT2D eigenvalue weighted by molar-refractivity contribution is 0.368. The molecular weight excluding hydrogens is 237 g/mol. The van der Waals surface area contributed by atoms with Crippen LogP contribution in [0.2, 0.25) is 5.02 Å². The topological polar surface area (TPSA) is 12.0 Å². The third-order valence-corrected chi connectivity index (χ3v) is 3.35. The molecule has 1 nitrogen and oxygen atoms in total. The van der Waals surface area contributed by atoms with Crippen molar-refractivity contribution in [1.29, 1.82) is 0 Å². The molecule has 96 valence electrons. The van der Waals surface area contributed by atoms with E-state index in [0.717, 1.165) is 24.9 Å². The van der Waals surface area contributed by atoms with Gasteiger partial charge in [0.1, 0.15) is 5.82 Å². The Morgan fingerprint density at radius 3 is 2.59 bits per heavy atom. The molecule has 0 saturated carbocycles. The van der Waals surface area contributed by atoms with Crippen molar-refractivity contribution in [3.05, 3.63) is 34.6 Å². The van der Waals surface area contributed by atoms with Crippen molar-refractivity contribution in [3.63, 3.8) is 0 Å². The minimum absolute atomic E-state index is 0.187.